The highest BCUT2D eigenvalue weighted by Crippen LogP contribution is 2.26. The van der Waals surface area contributed by atoms with Crippen LogP contribution in [-0.2, 0) is 0 Å². The lowest BCUT2D eigenvalue weighted by atomic mass is 10.2. The number of anilines is 1. The van der Waals surface area contributed by atoms with Crippen molar-refractivity contribution in [3.8, 4) is 11.6 Å². The molecule has 0 saturated heterocycles. The Balaban J connectivity index is 1.98. The highest BCUT2D eigenvalue weighted by atomic mass is 16.5. The molecule has 1 aromatic carbocycles. The molecule has 90 valence electrons. The van der Waals surface area contributed by atoms with Crippen LogP contribution in [0.25, 0.3) is 5.65 Å². The van der Waals surface area contributed by atoms with E-state index in [2.05, 4.69) is 20.6 Å². The zero-order chi connectivity index (χ0) is 12.5. The van der Waals surface area contributed by atoms with Crippen molar-refractivity contribution in [3.05, 3.63) is 35.9 Å². The number of rotatable bonds is 2. The second-order valence-corrected chi connectivity index (χ2v) is 3.77. The largest absolute Gasteiger partial charge is 0.437 e. The first-order chi connectivity index (χ1) is 8.74. The van der Waals surface area contributed by atoms with E-state index in [1.165, 1.54) is 4.63 Å². The molecular weight excluding hydrogens is 232 g/mol. The van der Waals surface area contributed by atoms with Crippen LogP contribution < -0.4 is 10.5 Å². The van der Waals surface area contributed by atoms with Gasteiger partial charge in [-0.25, -0.2) is 0 Å². The van der Waals surface area contributed by atoms with E-state index in [9.17, 15) is 0 Å². The fraction of sp³-hybridized carbons (Fsp3) is 0.0909. The van der Waals surface area contributed by atoms with E-state index in [0.29, 0.717) is 23.0 Å². The predicted octanol–water partition coefficient (Wildman–Crippen LogP) is 1.20. The van der Waals surface area contributed by atoms with E-state index in [-0.39, 0.29) is 0 Å². The fourth-order valence-corrected chi connectivity index (χ4v) is 1.54. The van der Waals surface area contributed by atoms with Gasteiger partial charge in [0.2, 0.25) is 5.88 Å². The van der Waals surface area contributed by atoms with Crippen LogP contribution in [-0.4, -0.2) is 25.3 Å². The van der Waals surface area contributed by atoms with Gasteiger partial charge in [-0.2, -0.15) is 0 Å². The van der Waals surface area contributed by atoms with Crippen molar-refractivity contribution in [1.82, 2.24) is 25.3 Å². The summed E-state index contributed by atoms with van der Waals surface area (Å²) in [6.45, 7) is 1.89. The Hall–Kier alpha value is -2.70. The first-order valence-corrected chi connectivity index (χ1v) is 5.32. The number of nitrogens with zero attached hydrogens (tertiary/aromatic N) is 5. The number of tetrazole rings is 1. The van der Waals surface area contributed by atoms with Crippen molar-refractivity contribution in [2.75, 3.05) is 5.73 Å². The van der Waals surface area contributed by atoms with Gasteiger partial charge in [0.25, 0.3) is 0 Å². The van der Waals surface area contributed by atoms with E-state index >= 15 is 0 Å². The number of hydrogen-bond donors (Lipinski definition) is 1. The molecule has 0 fully saturated rings. The molecule has 0 aliphatic rings. The van der Waals surface area contributed by atoms with E-state index in [4.69, 9.17) is 10.5 Å². The molecule has 0 saturated carbocycles. The molecule has 3 rings (SSSR count). The number of ether oxygens (including phenoxy) is 1. The predicted molar refractivity (Wildman–Crippen MR) is 64.2 cm³/mol. The standard InChI is InChI=1S/C11H10N6O/c1-7-8(12)3-2-4-9(7)18-11-6-5-10-13-15-16-17(10)14-11/h2-6H,12H2,1H3. The second kappa shape index (κ2) is 3.95. The Morgan fingerprint density at radius 3 is 3.00 bits per heavy atom. The maximum atomic E-state index is 5.81. The van der Waals surface area contributed by atoms with E-state index < -0.39 is 0 Å². The fourth-order valence-electron chi connectivity index (χ4n) is 1.54. The van der Waals surface area contributed by atoms with Crippen LogP contribution in [0.15, 0.2) is 30.3 Å². The third-order valence-corrected chi connectivity index (χ3v) is 2.59. The Bertz CT molecular complexity index is 708. The Kier molecular flexibility index (Phi) is 2.30. The van der Waals surface area contributed by atoms with Crippen molar-refractivity contribution >= 4 is 11.3 Å². The minimum atomic E-state index is 0.406. The molecule has 2 N–H and O–H groups in total. The zero-order valence-corrected chi connectivity index (χ0v) is 9.61. The highest BCUT2D eigenvalue weighted by Gasteiger charge is 2.06. The molecule has 2 aromatic heterocycles. The number of fused-ring (bicyclic) bond motifs is 1. The van der Waals surface area contributed by atoms with Gasteiger partial charge in [-0.3, -0.25) is 0 Å². The smallest absolute Gasteiger partial charge is 0.239 e. The van der Waals surface area contributed by atoms with Crippen molar-refractivity contribution < 1.29 is 4.74 Å². The summed E-state index contributed by atoms with van der Waals surface area (Å²) in [6, 6.07) is 8.91. The lowest BCUT2D eigenvalue weighted by Gasteiger charge is -2.08. The van der Waals surface area contributed by atoms with Crippen LogP contribution in [0.1, 0.15) is 5.56 Å². The summed E-state index contributed by atoms with van der Waals surface area (Å²) in [5, 5.41) is 15.1. The van der Waals surface area contributed by atoms with Crippen molar-refractivity contribution in [1.29, 1.82) is 0 Å². The first-order valence-electron chi connectivity index (χ1n) is 5.32. The molecule has 2 heterocycles. The van der Waals surface area contributed by atoms with Gasteiger partial charge in [-0.05, 0) is 35.5 Å². The van der Waals surface area contributed by atoms with Crippen molar-refractivity contribution in [3.63, 3.8) is 0 Å². The Labute approximate surface area is 102 Å². The summed E-state index contributed by atoms with van der Waals surface area (Å²) in [7, 11) is 0. The Morgan fingerprint density at radius 2 is 2.11 bits per heavy atom. The number of nitrogen functional groups attached to an aromatic ring is 1. The average molecular weight is 242 g/mol. The van der Waals surface area contributed by atoms with Crippen LogP contribution in [0.4, 0.5) is 5.69 Å². The van der Waals surface area contributed by atoms with Crippen molar-refractivity contribution in [2.45, 2.75) is 6.92 Å². The first kappa shape index (κ1) is 10.5. The molecule has 0 aliphatic heterocycles. The van der Waals surface area contributed by atoms with Crippen LogP contribution in [0.2, 0.25) is 0 Å². The number of hydrogen-bond acceptors (Lipinski definition) is 6. The van der Waals surface area contributed by atoms with E-state index in [1.54, 1.807) is 12.1 Å². The lowest BCUT2D eigenvalue weighted by Crippen LogP contribution is -1.99. The maximum Gasteiger partial charge on any atom is 0.239 e. The summed E-state index contributed by atoms with van der Waals surface area (Å²) >= 11 is 0. The normalized spacial score (nSPS) is 10.7. The van der Waals surface area contributed by atoms with Crippen LogP contribution >= 0.6 is 0 Å². The summed E-state index contributed by atoms with van der Waals surface area (Å²) in [4.78, 5) is 0. The van der Waals surface area contributed by atoms with Gasteiger partial charge in [0.1, 0.15) is 5.75 Å². The number of aromatic nitrogens is 5. The zero-order valence-electron chi connectivity index (χ0n) is 9.61. The van der Waals surface area contributed by atoms with Gasteiger partial charge >= 0.3 is 0 Å². The number of benzene rings is 1. The van der Waals surface area contributed by atoms with Gasteiger partial charge in [-0.15, -0.1) is 14.8 Å². The molecule has 0 atom stereocenters. The van der Waals surface area contributed by atoms with E-state index in [1.807, 2.05) is 25.1 Å². The van der Waals surface area contributed by atoms with Crippen LogP contribution in [0.3, 0.4) is 0 Å². The lowest BCUT2D eigenvalue weighted by molar-refractivity contribution is 0.444. The quantitative estimate of drug-likeness (QED) is 0.679. The minimum Gasteiger partial charge on any atom is -0.437 e. The molecule has 0 amide bonds. The molecule has 0 aliphatic carbocycles. The molecule has 7 nitrogen and oxygen atoms in total. The van der Waals surface area contributed by atoms with Crippen LogP contribution in [0.5, 0.6) is 11.6 Å². The summed E-state index contributed by atoms with van der Waals surface area (Å²) in [5.74, 6) is 1.07. The molecule has 3 aromatic rings. The molecule has 0 bridgehead atoms. The third kappa shape index (κ3) is 1.71. The molecule has 0 radical (unpaired) electrons. The molecule has 7 heteroatoms. The average Bonchev–Trinajstić information content (AvgIpc) is 2.82. The summed E-state index contributed by atoms with van der Waals surface area (Å²) in [6.07, 6.45) is 0. The minimum absolute atomic E-state index is 0.406. The SMILES string of the molecule is Cc1c(N)cccc1Oc1ccc2nnnn2n1. The Morgan fingerprint density at radius 1 is 1.22 bits per heavy atom. The van der Waals surface area contributed by atoms with Gasteiger partial charge in [-0.1, -0.05) is 6.07 Å². The second-order valence-electron chi connectivity index (χ2n) is 3.77. The van der Waals surface area contributed by atoms with Gasteiger partial charge < -0.3 is 10.5 Å². The topological polar surface area (TPSA) is 91.2 Å². The van der Waals surface area contributed by atoms with Gasteiger partial charge in [0, 0.05) is 17.3 Å². The molecule has 18 heavy (non-hydrogen) atoms. The highest BCUT2D eigenvalue weighted by molar-refractivity contribution is 5.54. The van der Waals surface area contributed by atoms with E-state index in [0.717, 1.165) is 5.56 Å². The monoisotopic (exact) mass is 242 g/mol. The number of nitrogens with two attached hydrogens (primary N) is 1. The van der Waals surface area contributed by atoms with Crippen molar-refractivity contribution in [2.24, 2.45) is 0 Å². The van der Waals surface area contributed by atoms with Gasteiger partial charge in [0.05, 0.1) is 0 Å². The molecule has 0 spiro atoms. The van der Waals surface area contributed by atoms with Crippen LogP contribution in [0, 0.1) is 6.92 Å². The molecular formula is C11H10N6O. The molecule has 0 unspecified atom stereocenters. The van der Waals surface area contributed by atoms with Gasteiger partial charge in [0.15, 0.2) is 5.65 Å². The third-order valence-electron chi connectivity index (χ3n) is 2.59. The maximum absolute atomic E-state index is 5.81. The summed E-state index contributed by atoms with van der Waals surface area (Å²) < 4.78 is 6.96. The summed E-state index contributed by atoms with van der Waals surface area (Å²) in [5.41, 5.74) is 7.92.